The molecule has 0 aliphatic heterocycles. The number of aromatic carboxylic acids is 1. The van der Waals surface area contributed by atoms with Crippen LogP contribution < -0.4 is 10.1 Å². The molecule has 50 heavy (non-hydrogen) atoms. The molecule has 0 aliphatic rings. The predicted octanol–water partition coefficient (Wildman–Crippen LogP) is 10.2. The van der Waals surface area contributed by atoms with E-state index in [9.17, 15) is 23.8 Å². The van der Waals surface area contributed by atoms with E-state index in [4.69, 9.17) is 33.0 Å². The molecule has 11 heteroatoms. The fourth-order valence-corrected chi connectivity index (χ4v) is 4.81. The zero-order valence-corrected chi connectivity index (χ0v) is 30.1. The number of halogens is 4. The maximum Gasteiger partial charge on any atom is 0.335 e. The smallest absolute Gasteiger partial charge is 0.335 e. The third-order valence-electron chi connectivity index (χ3n) is 6.96. The molecule has 0 saturated heterocycles. The van der Waals surface area contributed by atoms with Gasteiger partial charge in [-0.05, 0) is 103 Å². The predicted molar refractivity (Wildman–Crippen MR) is 198 cm³/mol. The molecular formula is C39H43Cl2F2N3O4. The van der Waals surface area contributed by atoms with Crippen LogP contribution in [0.1, 0.15) is 62.0 Å². The molecule has 0 heterocycles. The molecule has 3 rings (SSSR count). The summed E-state index contributed by atoms with van der Waals surface area (Å²) in [5.41, 5.74) is 3.27. The number of nitrogens with one attached hydrogen (secondary N) is 2. The lowest BCUT2D eigenvalue weighted by atomic mass is 10.0. The molecule has 0 aliphatic carbocycles. The summed E-state index contributed by atoms with van der Waals surface area (Å²) < 4.78 is 33.5. The van der Waals surface area contributed by atoms with Crippen LogP contribution in [-0.4, -0.2) is 40.3 Å². The molecule has 3 N–H and O–H groups in total. The highest BCUT2D eigenvalue weighted by Crippen LogP contribution is 2.23. The summed E-state index contributed by atoms with van der Waals surface area (Å²) in [5, 5.41) is 21.6. The molecule has 266 valence electrons. The lowest BCUT2D eigenvalue weighted by Gasteiger charge is -2.28. The number of amidine groups is 1. The molecule has 1 unspecified atom stereocenters. The zero-order chi connectivity index (χ0) is 37.1. The summed E-state index contributed by atoms with van der Waals surface area (Å²) in [6, 6.07) is 15.3. The number of carboxylic acid groups (broad SMARTS) is 1. The fraction of sp³-hybridized carbons (Fsp3) is 0.256. The Morgan fingerprint density at radius 2 is 1.56 bits per heavy atom. The summed E-state index contributed by atoms with van der Waals surface area (Å²) >= 11 is 11.7. The van der Waals surface area contributed by atoms with Crippen LogP contribution in [0.25, 0.3) is 0 Å². The van der Waals surface area contributed by atoms with Crippen molar-refractivity contribution in [2.75, 3.05) is 6.54 Å². The summed E-state index contributed by atoms with van der Waals surface area (Å²) in [5.74, 6) is -1.99. The number of hydrogen-bond acceptors (Lipinski definition) is 4. The molecule has 0 fully saturated rings. The minimum absolute atomic E-state index is 0.128. The number of amides is 1. The Morgan fingerprint density at radius 1 is 0.960 bits per heavy atom. The van der Waals surface area contributed by atoms with Gasteiger partial charge in [0.1, 0.15) is 29.0 Å². The van der Waals surface area contributed by atoms with Gasteiger partial charge in [-0.25, -0.2) is 13.6 Å². The molecule has 3 aromatic carbocycles. The number of rotatable bonds is 16. The van der Waals surface area contributed by atoms with Crippen molar-refractivity contribution in [2.24, 2.45) is 0 Å². The minimum Gasteiger partial charge on any atom is -0.478 e. The summed E-state index contributed by atoms with van der Waals surface area (Å²) in [6.07, 6.45) is 10.3. The van der Waals surface area contributed by atoms with Crippen molar-refractivity contribution >= 4 is 40.9 Å². The van der Waals surface area contributed by atoms with Crippen molar-refractivity contribution in [3.8, 4) is 11.5 Å². The van der Waals surface area contributed by atoms with Crippen molar-refractivity contribution in [3.63, 3.8) is 0 Å². The number of benzene rings is 3. The van der Waals surface area contributed by atoms with Crippen molar-refractivity contribution in [3.05, 3.63) is 142 Å². The van der Waals surface area contributed by atoms with E-state index >= 15 is 0 Å². The zero-order valence-electron chi connectivity index (χ0n) is 28.6. The number of carbonyl (C=O) groups is 2. The normalized spacial score (nSPS) is 12.3. The minimum atomic E-state index is -1.03. The number of carboxylic acids is 1. The van der Waals surface area contributed by atoms with E-state index in [0.717, 1.165) is 42.2 Å². The average Bonchev–Trinajstić information content (AvgIpc) is 3.08. The fourth-order valence-electron chi connectivity index (χ4n) is 4.48. The number of allylic oxidation sites excluding steroid dienone is 6. The second-order valence-corrected chi connectivity index (χ2v) is 11.5. The number of unbranched alkanes of at least 4 members (excludes halogenated alkanes) is 1. The van der Waals surface area contributed by atoms with Crippen LogP contribution >= 0.6 is 23.2 Å². The number of hydrogen-bond donors (Lipinski definition) is 3. The van der Waals surface area contributed by atoms with Gasteiger partial charge in [-0.1, -0.05) is 68.6 Å². The highest BCUT2D eigenvalue weighted by Gasteiger charge is 2.23. The summed E-state index contributed by atoms with van der Waals surface area (Å²) in [7, 11) is 0. The van der Waals surface area contributed by atoms with Crippen molar-refractivity contribution < 1.29 is 28.2 Å². The van der Waals surface area contributed by atoms with Crippen LogP contribution in [0.2, 0.25) is 0 Å². The quantitative estimate of drug-likeness (QED) is 0.0775. The first-order valence-corrected chi connectivity index (χ1v) is 17.0. The van der Waals surface area contributed by atoms with E-state index in [1.165, 1.54) is 17.7 Å². The maximum absolute atomic E-state index is 13.8. The van der Waals surface area contributed by atoms with E-state index in [0.29, 0.717) is 23.1 Å². The Hall–Kier alpha value is -4.73. The Balaban J connectivity index is 0.00000425. The number of carbonyl (C=O) groups excluding carboxylic acids is 1. The van der Waals surface area contributed by atoms with Gasteiger partial charge in [0.15, 0.2) is 0 Å². The van der Waals surface area contributed by atoms with Crippen LogP contribution in [0.5, 0.6) is 11.5 Å². The second-order valence-electron chi connectivity index (χ2n) is 10.9. The molecule has 0 saturated carbocycles. The second kappa shape index (κ2) is 22.1. The largest absolute Gasteiger partial charge is 0.478 e. The van der Waals surface area contributed by atoms with Gasteiger partial charge < -0.3 is 20.1 Å². The molecule has 1 amide bonds. The first-order valence-electron chi connectivity index (χ1n) is 16.2. The highest BCUT2D eigenvalue weighted by atomic mass is 35.5. The van der Waals surface area contributed by atoms with Gasteiger partial charge in [0, 0.05) is 29.4 Å². The van der Waals surface area contributed by atoms with Crippen molar-refractivity contribution in [1.82, 2.24) is 10.2 Å². The summed E-state index contributed by atoms with van der Waals surface area (Å²) in [4.78, 5) is 26.1. The topological polar surface area (TPSA) is 103 Å². The van der Waals surface area contributed by atoms with Crippen LogP contribution in [0.3, 0.4) is 0 Å². The van der Waals surface area contributed by atoms with Crippen molar-refractivity contribution in [1.29, 1.82) is 5.41 Å². The maximum atomic E-state index is 13.8. The molecule has 3 aromatic rings. The molecule has 1 atom stereocenters. The van der Waals surface area contributed by atoms with Crippen LogP contribution in [-0.2, 0) is 17.6 Å². The molecular weight excluding hydrogens is 683 g/mol. The number of nitrogens with zero attached hydrogens (tertiary/aromatic N) is 1. The third-order valence-corrected chi connectivity index (χ3v) is 7.34. The van der Waals surface area contributed by atoms with Gasteiger partial charge in [0.25, 0.3) is 0 Å². The average molecular weight is 727 g/mol. The highest BCUT2D eigenvalue weighted by molar-refractivity contribution is 6.33. The monoisotopic (exact) mass is 725 g/mol. The number of ether oxygens (including phenoxy) is 1. The van der Waals surface area contributed by atoms with Gasteiger partial charge in [0.05, 0.1) is 18.0 Å². The first-order chi connectivity index (χ1) is 24.0. The van der Waals surface area contributed by atoms with Gasteiger partial charge in [-0.3, -0.25) is 10.2 Å². The Labute approximate surface area is 303 Å². The standard InChI is InChI=1S/C37H37Cl2F2N3O4.C2H6/c1-3-4-18-44(19-16-25(2)5-10-29(39)15-17-38)36(42)34(43-35(45)23-27-20-30(40)24-31(41)21-27)22-26-6-11-32(12-7-26)48-33-13-8-28(9-14-33)37(46)47;1-2/h5-17,19-21,24,34,42H,3-4,18,22-23H2,1-2H3,(H,43,45)(H,46,47);1-2H3/b17-15+,19-16+,25-5+,29-10+,42-36?;. The van der Waals surface area contributed by atoms with E-state index in [1.807, 2.05) is 33.8 Å². The van der Waals surface area contributed by atoms with Gasteiger partial charge in [-0.2, -0.15) is 0 Å². The Kier molecular flexibility index (Phi) is 18.3. The van der Waals surface area contributed by atoms with E-state index < -0.39 is 29.6 Å². The summed E-state index contributed by atoms with van der Waals surface area (Å²) in [6.45, 7) is 8.43. The van der Waals surface area contributed by atoms with Crippen molar-refractivity contribution in [2.45, 2.75) is 59.4 Å². The van der Waals surface area contributed by atoms with Gasteiger partial charge in [0.2, 0.25) is 5.91 Å². The molecule has 7 nitrogen and oxygen atoms in total. The van der Waals surface area contributed by atoms with E-state index in [1.54, 1.807) is 65.7 Å². The SMILES string of the molecule is CC.CCCCN(/C=C/C(C)=C/C=C(Cl)\C=C\Cl)C(=N)C(Cc1ccc(Oc2ccc(C(=O)O)cc2)cc1)NC(=O)Cc1cc(F)cc(F)c1. The molecule has 0 bridgehead atoms. The van der Waals surface area contributed by atoms with Crippen LogP contribution in [0.4, 0.5) is 8.78 Å². The van der Waals surface area contributed by atoms with E-state index in [2.05, 4.69) is 5.32 Å². The van der Waals surface area contributed by atoms with Crippen LogP contribution in [0, 0.1) is 17.0 Å². The van der Waals surface area contributed by atoms with Crippen LogP contribution in [0.15, 0.2) is 113 Å². The lowest BCUT2D eigenvalue weighted by molar-refractivity contribution is -0.120. The lowest BCUT2D eigenvalue weighted by Crippen LogP contribution is -2.48. The third kappa shape index (κ3) is 14.8. The first kappa shape index (κ1) is 41.4. The molecule has 0 radical (unpaired) electrons. The Bertz CT molecular complexity index is 1670. The van der Waals surface area contributed by atoms with E-state index in [-0.39, 0.29) is 29.8 Å². The van der Waals surface area contributed by atoms with Gasteiger partial charge in [-0.15, -0.1) is 0 Å². The Morgan fingerprint density at radius 3 is 2.12 bits per heavy atom. The molecule has 0 spiro atoms. The molecule has 0 aromatic heterocycles. The van der Waals surface area contributed by atoms with Gasteiger partial charge >= 0.3 is 5.97 Å².